The van der Waals surface area contributed by atoms with E-state index in [2.05, 4.69) is 10.4 Å². The van der Waals surface area contributed by atoms with Crippen molar-refractivity contribution in [1.29, 1.82) is 0 Å². The number of hydrogen-bond acceptors (Lipinski definition) is 5. The number of benzene rings is 1. The summed E-state index contributed by atoms with van der Waals surface area (Å²) in [6.07, 6.45) is 4.08. The normalized spacial score (nSPS) is 14.0. The molecular formula is C16H16N4OS. The Hall–Kier alpha value is -2.18. The smallest absolute Gasteiger partial charge is 0.223 e. The van der Waals surface area contributed by atoms with E-state index < -0.39 is 0 Å². The predicted molar refractivity (Wildman–Crippen MR) is 89.7 cm³/mol. The summed E-state index contributed by atoms with van der Waals surface area (Å²) in [5.41, 5.74) is 5.10. The number of hydrogen-bond donors (Lipinski definition) is 2. The van der Waals surface area contributed by atoms with Gasteiger partial charge in [0.2, 0.25) is 11.4 Å². The van der Waals surface area contributed by atoms with Gasteiger partial charge in [0.1, 0.15) is 10.3 Å². The van der Waals surface area contributed by atoms with Gasteiger partial charge in [-0.2, -0.15) is 0 Å². The second kappa shape index (κ2) is 5.23. The third-order valence-electron chi connectivity index (χ3n) is 4.10. The van der Waals surface area contributed by atoms with E-state index >= 15 is 0 Å². The van der Waals surface area contributed by atoms with Crippen LogP contribution in [0.15, 0.2) is 35.1 Å². The average molecular weight is 312 g/mol. The Morgan fingerprint density at radius 2 is 1.95 bits per heavy atom. The standard InChI is InChI=1S/C16H16N4OS/c17-19-16-18-13-14(21)11-8-4-5-9-12(11)22-15(13)20(16)10-6-2-1-3-7-10/h1-3,6-7H,4-5,8-9,17H2,(H,18,19). The first-order chi connectivity index (χ1) is 10.8. The van der Waals surface area contributed by atoms with Gasteiger partial charge in [-0.25, -0.2) is 10.8 Å². The number of nitrogens with two attached hydrogens (primary N) is 1. The summed E-state index contributed by atoms with van der Waals surface area (Å²) in [5, 5.41) is 0. The largest absolute Gasteiger partial charge is 0.293 e. The van der Waals surface area contributed by atoms with Crippen LogP contribution in [-0.2, 0) is 12.8 Å². The molecule has 1 aromatic carbocycles. The Balaban J connectivity index is 2.08. The second-order valence-electron chi connectivity index (χ2n) is 5.44. The first-order valence-electron chi connectivity index (χ1n) is 7.39. The van der Waals surface area contributed by atoms with Crippen LogP contribution in [0.5, 0.6) is 0 Å². The van der Waals surface area contributed by atoms with Crippen LogP contribution in [-0.4, -0.2) is 9.55 Å². The fourth-order valence-electron chi connectivity index (χ4n) is 3.05. The van der Waals surface area contributed by atoms with Crippen molar-refractivity contribution in [3.05, 3.63) is 51.0 Å². The van der Waals surface area contributed by atoms with Crippen molar-refractivity contribution in [2.24, 2.45) is 5.84 Å². The zero-order valence-corrected chi connectivity index (χ0v) is 12.8. The lowest BCUT2D eigenvalue weighted by atomic mass is 9.98. The summed E-state index contributed by atoms with van der Waals surface area (Å²) < 4.78 is 1.93. The van der Waals surface area contributed by atoms with Gasteiger partial charge in [-0.1, -0.05) is 18.2 Å². The minimum atomic E-state index is 0.0645. The van der Waals surface area contributed by atoms with E-state index in [9.17, 15) is 4.79 Å². The summed E-state index contributed by atoms with van der Waals surface area (Å²) in [4.78, 5) is 19.3. The van der Waals surface area contributed by atoms with Gasteiger partial charge in [0.15, 0.2) is 0 Å². The van der Waals surface area contributed by atoms with Crippen molar-refractivity contribution in [3.8, 4) is 5.69 Å². The minimum absolute atomic E-state index is 0.0645. The number of nitrogens with one attached hydrogen (secondary N) is 1. The van der Waals surface area contributed by atoms with Crippen LogP contribution in [0.25, 0.3) is 16.0 Å². The third-order valence-corrected chi connectivity index (χ3v) is 5.37. The lowest BCUT2D eigenvalue weighted by molar-refractivity contribution is 0.692. The molecule has 0 fully saturated rings. The topological polar surface area (TPSA) is 72.9 Å². The van der Waals surface area contributed by atoms with Crippen LogP contribution in [0, 0.1) is 0 Å². The summed E-state index contributed by atoms with van der Waals surface area (Å²) in [6, 6.07) is 9.85. The van der Waals surface area contributed by atoms with E-state index in [1.54, 1.807) is 11.3 Å². The highest BCUT2D eigenvalue weighted by Gasteiger charge is 2.21. The Labute approximate surface area is 131 Å². The van der Waals surface area contributed by atoms with Crippen LogP contribution in [0.4, 0.5) is 5.95 Å². The van der Waals surface area contributed by atoms with Crippen molar-refractivity contribution < 1.29 is 0 Å². The quantitative estimate of drug-likeness (QED) is 0.563. The molecule has 2 heterocycles. The number of hydrazine groups is 1. The van der Waals surface area contributed by atoms with Gasteiger partial charge in [-0.3, -0.25) is 14.8 Å². The Bertz CT molecular complexity index is 898. The number of nitrogens with zero attached hydrogens (tertiary/aromatic N) is 2. The highest BCUT2D eigenvalue weighted by molar-refractivity contribution is 7.18. The zero-order valence-electron chi connectivity index (χ0n) is 12.0. The van der Waals surface area contributed by atoms with Crippen LogP contribution in [0.3, 0.4) is 0 Å². The molecule has 0 atom stereocenters. The molecule has 4 rings (SSSR count). The molecule has 3 N–H and O–H groups in total. The van der Waals surface area contributed by atoms with Gasteiger partial charge in [0.25, 0.3) is 0 Å². The molecule has 112 valence electrons. The molecule has 6 heteroatoms. The number of para-hydroxylation sites is 1. The lowest BCUT2D eigenvalue weighted by Crippen LogP contribution is -2.15. The van der Waals surface area contributed by atoms with E-state index in [1.807, 2.05) is 34.9 Å². The molecule has 0 spiro atoms. The lowest BCUT2D eigenvalue weighted by Gasteiger charge is -2.14. The summed E-state index contributed by atoms with van der Waals surface area (Å²) in [5.74, 6) is 6.12. The Kier molecular flexibility index (Phi) is 3.20. The van der Waals surface area contributed by atoms with Crippen molar-refractivity contribution in [2.45, 2.75) is 25.7 Å². The van der Waals surface area contributed by atoms with Crippen LogP contribution in [0.1, 0.15) is 23.3 Å². The molecule has 5 nitrogen and oxygen atoms in total. The first kappa shape index (κ1) is 13.5. The molecule has 0 saturated heterocycles. The fourth-order valence-corrected chi connectivity index (χ4v) is 4.37. The minimum Gasteiger partial charge on any atom is -0.293 e. The molecule has 2 aromatic heterocycles. The maximum atomic E-state index is 12.7. The number of aromatic nitrogens is 2. The SMILES string of the molecule is NNc1nc2c(=O)c3c(sc2n1-c1ccccc1)CCCC3. The first-order valence-corrected chi connectivity index (χ1v) is 8.20. The summed E-state index contributed by atoms with van der Waals surface area (Å²) in [7, 11) is 0. The maximum Gasteiger partial charge on any atom is 0.223 e. The number of fused-ring (bicyclic) bond motifs is 2. The molecule has 1 aliphatic carbocycles. The van der Waals surface area contributed by atoms with Crippen LogP contribution in [0.2, 0.25) is 0 Å². The van der Waals surface area contributed by atoms with Gasteiger partial charge < -0.3 is 0 Å². The third kappa shape index (κ3) is 1.95. The Morgan fingerprint density at radius 3 is 2.73 bits per heavy atom. The monoisotopic (exact) mass is 312 g/mol. The molecule has 1 aliphatic rings. The number of rotatable bonds is 2. The second-order valence-corrected chi connectivity index (χ2v) is 6.53. The number of anilines is 1. The van der Waals surface area contributed by atoms with Crippen molar-refractivity contribution in [2.75, 3.05) is 5.43 Å². The van der Waals surface area contributed by atoms with Gasteiger partial charge in [-0.05, 0) is 37.8 Å². The molecule has 0 unspecified atom stereocenters. The number of imidazole rings is 1. The van der Waals surface area contributed by atoms with Crippen LogP contribution >= 0.6 is 11.3 Å². The molecule has 0 radical (unpaired) electrons. The highest BCUT2D eigenvalue weighted by Crippen LogP contribution is 2.31. The molecule has 22 heavy (non-hydrogen) atoms. The van der Waals surface area contributed by atoms with E-state index in [0.717, 1.165) is 41.8 Å². The van der Waals surface area contributed by atoms with Gasteiger partial charge in [0.05, 0.1) is 0 Å². The number of nitrogen functional groups attached to an aromatic ring is 1. The molecule has 0 aliphatic heterocycles. The van der Waals surface area contributed by atoms with E-state index in [-0.39, 0.29) is 5.43 Å². The molecule has 0 saturated carbocycles. The van der Waals surface area contributed by atoms with E-state index in [0.29, 0.717) is 11.5 Å². The summed E-state index contributed by atoms with van der Waals surface area (Å²) in [6.45, 7) is 0. The van der Waals surface area contributed by atoms with Crippen molar-refractivity contribution in [1.82, 2.24) is 9.55 Å². The van der Waals surface area contributed by atoms with E-state index in [4.69, 9.17) is 5.84 Å². The fraction of sp³-hybridized carbons (Fsp3) is 0.250. The zero-order chi connectivity index (χ0) is 15.1. The molecule has 3 aromatic rings. The predicted octanol–water partition coefficient (Wildman–Crippen LogP) is 2.61. The maximum absolute atomic E-state index is 12.7. The van der Waals surface area contributed by atoms with Gasteiger partial charge in [0, 0.05) is 16.1 Å². The number of aryl methyl sites for hydroxylation is 1. The highest BCUT2D eigenvalue weighted by atomic mass is 32.1. The van der Waals surface area contributed by atoms with E-state index in [1.165, 1.54) is 4.88 Å². The van der Waals surface area contributed by atoms with Crippen molar-refractivity contribution in [3.63, 3.8) is 0 Å². The average Bonchev–Trinajstić information content (AvgIpc) is 2.95. The van der Waals surface area contributed by atoms with Gasteiger partial charge >= 0.3 is 0 Å². The van der Waals surface area contributed by atoms with Crippen molar-refractivity contribution >= 4 is 27.6 Å². The van der Waals surface area contributed by atoms with Gasteiger partial charge in [-0.15, -0.1) is 11.3 Å². The summed E-state index contributed by atoms with van der Waals surface area (Å²) >= 11 is 1.67. The molecule has 0 amide bonds. The van der Waals surface area contributed by atoms with Crippen LogP contribution < -0.4 is 16.7 Å². The molecular weight excluding hydrogens is 296 g/mol. The Morgan fingerprint density at radius 1 is 1.18 bits per heavy atom. The molecule has 0 bridgehead atoms.